The fraction of sp³-hybridized carbons (Fsp3) is 0.0526. The lowest BCUT2D eigenvalue weighted by Gasteiger charge is -2.27. The third kappa shape index (κ3) is 2.47. The third-order valence-corrected chi connectivity index (χ3v) is 4.74. The van der Waals surface area contributed by atoms with Crippen LogP contribution in [0.2, 0.25) is 0 Å². The molecule has 2 heterocycles. The quantitative estimate of drug-likeness (QED) is 0.722. The molecule has 0 fully saturated rings. The molecule has 118 valence electrons. The van der Waals surface area contributed by atoms with E-state index < -0.39 is 0 Å². The average molecular weight is 380 g/mol. The first-order chi connectivity index (χ1) is 11.8. The van der Waals surface area contributed by atoms with Gasteiger partial charge in [0.2, 0.25) is 0 Å². The summed E-state index contributed by atoms with van der Waals surface area (Å²) >= 11 is 3.56. The molecule has 0 aliphatic carbocycles. The predicted octanol–water partition coefficient (Wildman–Crippen LogP) is 4.62. The number of carbonyl (C=O) groups excluding carboxylic acids is 1. The number of hydrogen-bond donors (Lipinski definition) is 1. The van der Waals surface area contributed by atoms with Gasteiger partial charge in [0.05, 0.1) is 17.6 Å². The van der Waals surface area contributed by atoms with E-state index >= 15 is 0 Å². The molecule has 4 rings (SSSR count). The van der Waals surface area contributed by atoms with Gasteiger partial charge in [-0.2, -0.15) is 0 Å². The van der Waals surface area contributed by atoms with Crippen LogP contribution >= 0.6 is 15.9 Å². The molecule has 1 aromatic heterocycles. The van der Waals surface area contributed by atoms with Gasteiger partial charge in [0.1, 0.15) is 6.17 Å². The van der Waals surface area contributed by atoms with Gasteiger partial charge in [-0.3, -0.25) is 14.7 Å². The van der Waals surface area contributed by atoms with E-state index in [9.17, 15) is 4.79 Å². The zero-order valence-corrected chi connectivity index (χ0v) is 14.3. The van der Waals surface area contributed by atoms with Crippen molar-refractivity contribution in [3.8, 4) is 0 Å². The maximum atomic E-state index is 12.9. The highest BCUT2D eigenvalue weighted by Crippen LogP contribution is 2.38. The van der Waals surface area contributed by atoms with E-state index in [0.29, 0.717) is 5.56 Å². The molecule has 0 spiro atoms. The van der Waals surface area contributed by atoms with Crippen LogP contribution in [-0.4, -0.2) is 10.9 Å². The molecule has 3 aromatic rings. The van der Waals surface area contributed by atoms with Crippen LogP contribution in [0, 0.1) is 0 Å². The molecule has 1 unspecified atom stereocenters. The normalized spacial score (nSPS) is 16.1. The van der Waals surface area contributed by atoms with Gasteiger partial charge in [0, 0.05) is 21.8 Å². The number of aromatic nitrogens is 1. The highest BCUT2D eigenvalue weighted by atomic mass is 79.9. The standard InChI is InChI=1S/C19H14BrN3O/c20-16-9-3-4-10-17(16)22-18-14-7-1-2-8-15(14)19(24)23(18)13-6-5-11-21-12-13/h1-12,18,22H. The molecule has 1 atom stereocenters. The van der Waals surface area contributed by atoms with Crippen molar-refractivity contribution in [2.45, 2.75) is 6.17 Å². The van der Waals surface area contributed by atoms with Gasteiger partial charge in [0.25, 0.3) is 5.91 Å². The van der Waals surface area contributed by atoms with Gasteiger partial charge in [-0.1, -0.05) is 30.3 Å². The fourth-order valence-corrected chi connectivity index (χ4v) is 3.35. The Labute approximate surface area is 148 Å². The Hall–Kier alpha value is -2.66. The number of carbonyl (C=O) groups is 1. The molecular formula is C19H14BrN3O. The number of fused-ring (bicyclic) bond motifs is 1. The van der Waals surface area contributed by atoms with E-state index in [1.165, 1.54) is 0 Å². The summed E-state index contributed by atoms with van der Waals surface area (Å²) in [5, 5.41) is 3.47. The summed E-state index contributed by atoms with van der Waals surface area (Å²) in [5.41, 5.74) is 3.37. The largest absolute Gasteiger partial charge is 0.360 e. The Bertz CT molecular complexity index is 898. The maximum absolute atomic E-state index is 12.9. The van der Waals surface area contributed by atoms with Crippen molar-refractivity contribution in [3.63, 3.8) is 0 Å². The number of para-hydroxylation sites is 1. The van der Waals surface area contributed by atoms with Crippen LogP contribution in [0.5, 0.6) is 0 Å². The Morgan fingerprint density at radius 2 is 1.79 bits per heavy atom. The Morgan fingerprint density at radius 3 is 2.58 bits per heavy atom. The van der Waals surface area contributed by atoms with Gasteiger partial charge >= 0.3 is 0 Å². The molecule has 1 amide bonds. The number of nitrogens with one attached hydrogen (secondary N) is 1. The second-order valence-corrected chi connectivity index (χ2v) is 6.35. The monoisotopic (exact) mass is 379 g/mol. The van der Waals surface area contributed by atoms with Crippen molar-refractivity contribution in [1.29, 1.82) is 0 Å². The number of halogens is 1. The molecule has 0 radical (unpaired) electrons. The van der Waals surface area contributed by atoms with E-state index in [-0.39, 0.29) is 12.1 Å². The first kappa shape index (κ1) is 14.9. The molecule has 24 heavy (non-hydrogen) atoms. The maximum Gasteiger partial charge on any atom is 0.260 e. The lowest BCUT2D eigenvalue weighted by atomic mass is 10.1. The number of pyridine rings is 1. The number of rotatable bonds is 3. The van der Waals surface area contributed by atoms with Crippen LogP contribution in [0.25, 0.3) is 0 Å². The zero-order chi connectivity index (χ0) is 16.5. The minimum atomic E-state index is -0.281. The molecule has 1 N–H and O–H groups in total. The lowest BCUT2D eigenvalue weighted by Crippen LogP contribution is -2.32. The minimum absolute atomic E-state index is 0.0249. The summed E-state index contributed by atoms with van der Waals surface area (Å²) in [4.78, 5) is 18.8. The Balaban J connectivity index is 1.81. The van der Waals surface area contributed by atoms with Gasteiger partial charge in [-0.05, 0) is 46.3 Å². The summed E-state index contributed by atoms with van der Waals surface area (Å²) in [6.45, 7) is 0. The SMILES string of the molecule is O=C1c2ccccc2C(Nc2ccccc2Br)N1c1cccnc1. The molecule has 4 nitrogen and oxygen atoms in total. The smallest absolute Gasteiger partial charge is 0.260 e. The molecule has 1 aliphatic heterocycles. The predicted molar refractivity (Wildman–Crippen MR) is 98.0 cm³/mol. The lowest BCUT2D eigenvalue weighted by molar-refractivity contribution is 0.0993. The zero-order valence-electron chi connectivity index (χ0n) is 12.7. The molecular weight excluding hydrogens is 366 g/mol. The Kier molecular flexibility index (Phi) is 3.78. The van der Waals surface area contributed by atoms with E-state index in [1.54, 1.807) is 17.3 Å². The number of amides is 1. The first-order valence-electron chi connectivity index (χ1n) is 7.59. The second-order valence-electron chi connectivity index (χ2n) is 5.50. The van der Waals surface area contributed by atoms with Crippen molar-refractivity contribution < 1.29 is 4.79 Å². The third-order valence-electron chi connectivity index (χ3n) is 4.05. The van der Waals surface area contributed by atoms with Crippen molar-refractivity contribution >= 4 is 33.2 Å². The van der Waals surface area contributed by atoms with Crippen LogP contribution in [0.15, 0.2) is 77.5 Å². The van der Waals surface area contributed by atoms with Gasteiger partial charge in [-0.25, -0.2) is 0 Å². The van der Waals surface area contributed by atoms with Crippen molar-refractivity contribution in [3.05, 3.63) is 88.7 Å². The number of benzene rings is 2. The summed E-state index contributed by atoms with van der Waals surface area (Å²) in [5.74, 6) is -0.0249. The number of anilines is 2. The molecule has 0 bridgehead atoms. The number of hydrogen-bond acceptors (Lipinski definition) is 3. The molecule has 0 saturated carbocycles. The van der Waals surface area contributed by atoms with Crippen molar-refractivity contribution in [1.82, 2.24) is 4.98 Å². The van der Waals surface area contributed by atoms with Crippen molar-refractivity contribution in [2.75, 3.05) is 10.2 Å². The highest BCUT2D eigenvalue weighted by Gasteiger charge is 2.37. The van der Waals surface area contributed by atoms with Crippen LogP contribution in [0.3, 0.4) is 0 Å². The molecule has 2 aromatic carbocycles. The van der Waals surface area contributed by atoms with Crippen LogP contribution in [0.4, 0.5) is 11.4 Å². The summed E-state index contributed by atoms with van der Waals surface area (Å²) in [6, 6.07) is 19.3. The molecule has 0 saturated heterocycles. The number of nitrogens with zero attached hydrogens (tertiary/aromatic N) is 2. The first-order valence-corrected chi connectivity index (χ1v) is 8.38. The van der Waals surface area contributed by atoms with Crippen LogP contribution in [0.1, 0.15) is 22.1 Å². The van der Waals surface area contributed by atoms with Crippen LogP contribution < -0.4 is 10.2 Å². The van der Waals surface area contributed by atoms with E-state index in [4.69, 9.17) is 0 Å². The van der Waals surface area contributed by atoms with Crippen LogP contribution in [-0.2, 0) is 0 Å². The van der Waals surface area contributed by atoms with Crippen molar-refractivity contribution in [2.24, 2.45) is 0 Å². The average Bonchev–Trinajstić information content (AvgIpc) is 2.90. The fourth-order valence-electron chi connectivity index (χ4n) is 2.95. The van der Waals surface area contributed by atoms with E-state index in [2.05, 4.69) is 26.2 Å². The highest BCUT2D eigenvalue weighted by molar-refractivity contribution is 9.10. The van der Waals surface area contributed by atoms with Gasteiger partial charge in [-0.15, -0.1) is 0 Å². The second kappa shape index (κ2) is 6.09. The molecule has 5 heteroatoms. The van der Waals surface area contributed by atoms with E-state index in [1.807, 2.05) is 60.7 Å². The topological polar surface area (TPSA) is 45.2 Å². The summed E-state index contributed by atoms with van der Waals surface area (Å²) in [6.07, 6.45) is 3.13. The van der Waals surface area contributed by atoms with E-state index in [0.717, 1.165) is 21.4 Å². The minimum Gasteiger partial charge on any atom is -0.360 e. The summed E-state index contributed by atoms with van der Waals surface area (Å²) < 4.78 is 0.952. The van der Waals surface area contributed by atoms with Gasteiger partial charge < -0.3 is 5.32 Å². The molecule has 1 aliphatic rings. The summed E-state index contributed by atoms with van der Waals surface area (Å²) in [7, 11) is 0. The van der Waals surface area contributed by atoms with Gasteiger partial charge in [0.15, 0.2) is 0 Å². The Morgan fingerprint density at radius 1 is 1.00 bits per heavy atom.